The molecule has 176 valence electrons. The Morgan fingerprint density at radius 3 is 2.23 bits per heavy atom. The highest BCUT2D eigenvalue weighted by atomic mass is 19.1. The molecule has 4 aromatic rings. The Bertz CT molecular complexity index is 1440. The molecular weight excluding hydrogens is 452 g/mol. The van der Waals surface area contributed by atoms with Crippen LogP contribution < -0.4 is 4.74 Å². The summed E-state index contributed by atoms with van der Waals surface area (Å²) in [6.45, 7) is 2.05. The van der Waals surface area contributed by atoms with Gasteiger partial charge in [0.25, 0.3) is 0 Å². The third-order valence-electron chi connectivity index (χ3n) is 5.54. The van der Waals surface area contributed by atoms with Crippen molar-refractivity contribution in [2.45, 2.75) is 19.8 Å². The van der Waals surface area contributed by atoms with E-state index in [9.17, 15) is 17.6 Å². The first-order chi connectivity index (χ1) is 16.9. The van der Waals surface area contributed by atoms with Gasteiger partial charge in [-0.1, -0.05) is 42.2 Å². The average Bonchev–Trinajstić information content (AvgIpc) is 2.83. The van der Waals surface area contributed by atoms with Gasteiger partial charge in [-0.3, -0.25) is 0 Å². The van der Waals surface area contributed by atoms with Crippen LogP contribution in [0, 0.1) is 35.1 Å². The van der Waals surface area contributed by atoms with Crippen LogP contribution in [0.2, 0.25) is 0 Å². The number of ether oxygens (including phenoxy) is 1. The minimum Gasteiger partial charge on any atom is -0.489 e. The van der Waals surface area contributed by atoms with Crippen LogP contribution in [0.1, 0.15) is 29.2 Å². The first kappa shape index (κ1) is 24.1. The average molecular weight is 474 g/mol. The number of benzene rings is 4. The maximum absolute atomic E-state index is 14.6. The van der Waals surface area contributed by atoms with E-state index in [4.69, 9.17) is 4.74 Å². The standard InChI is InChI=1S/C30H22F4O/c1-2-3-14-35-26-18-29(33)27(30(34)19-26)13-7-21-5-9-22(28(32)16-21)8-4-20-6-10-24-17-25(31)12-11-23(24)15-20/h2-3,5-6,9-12,15-19H,7,13-14H2,1H3/b3-2+. The van der Waals surface area contributed by atoms with E-state index in [-0.39, 0.29) is 42.1 Å². The van der Waals surface area contributed by atoms with Gasteiger partial charge in [0.05, 0.1) is 5.56 Å². The van der Waals surface area contributed by atoms with Crippen molar-refractivity contribution in [2.24, 2.45) is 0 Å². The molecule has 4 rings (SSSR count). The van der Waals surface area contributed by atoms with Crippen molar-refractivity contribution >= 4 is 10.8 Å². The number of hydrogen-bond donors (Lipinski definition) is 0. The van der Waals surface area contributed by atoms with E-state index in [1.54, 1.807) is 42.5 Å². The van der Waals surface area contributed by atoms with Gasteiger partial charge in [-0.2, -0.15) is 0 Å². The first-order valence-corrected chi connectivity index (χ1v) is 11.1. The van der Waals surface area contributed by atoms with Crippen molar-refractivity contribution in [3.8, 4) is 17.6 Å². The summed E-state index contributed by atoms with van der Waals surface area (Å²) >= 11 is 0. The lowest BCUT2D eigenvalue weighted by atomic mass is 10.0. The predicted molar refractivity (Wildman–Crippen MR) is 130 cm³/mol. The highest BCUT2D eigenvalue weighted by Crippen LogP contribution is 2.23. The van der Waals surface area contributed by atoms with Crippen LogP contribution in [-0.2, 0) is 12.8 Å². The first-order valence-electron chi connectivity index (χ1n) is 11.1. The third kappa shape index (κ3) is 6.10. The van der Waals surface area contributed by atoms with E-state index in [0.717, 1.165) is 22.9 Å². The van der Waals surface area contributed by atoms with Crippen molar-refractivity contribution in [2.75, 3.05) is 6.61 Å². The zero-order chi connectivity index (χ0) is 24.8. The lowest BCUT2D eigenvalue weighted by Gasteiger charge is -2.09. The zero-order valence-electron chi connectivity index (χ0n) is 19.0. The monoisotopic (exact) mass is 474 g/mol. The van der Waals surface area contributed by atoms with Gasteiger partial charge >= 0.3 is 0 Å². The number of halogens is 4. The summed E-state index contributed by atoms with van der Waals surface area (Å²) in [5.74, 6) is 3.66. The Morgan fingerprint density at radius 2 is 1.49 bits per heavy atom. The summed E-state index contributed by atoms with van der Waals surface area (Å²) in [4.78, 5) is 0. The third-order valence-corrected chi connectivity index (χ3v) is 5.54. The van der Waals surface area contributed by atoms with Crippen LogP contribution in [-0.4, -0.2) is 6.61 Å². The predicted octanol–water partition coefficient (Wildman–Crippen LogP) is 7.54. The molecule has 0 N–H and O–H groups in total. The minimum absolute atomic E-state index is 0.0659. The molecule has 0 fully saturated rings. The molecule has 0 spiro atoms. The highest BCUT2D eigenvalue weighted by Gasteiger charge is 2.13. The van der Waals surface area contributed by atoms with Crippen molar-refractivity contribution in [1.82, 2.24) is 0 Å². The smallest absolute Gasteiger partial charge is 0.139 e. The quantitative estimate of drug-likeness (QED) is 0.159. The summed E-state index contributed by atoms with van der Waals surface area (Å²) in [7, 11) is 0. The summed E-state index contributed by atoms with van der Waals surface area (Å²) in [5.41, 5.74) is 1.43. The molecule has 35 heavy (non-hydrogen) atoms. The van der Waals surface area contributed by atoms with E-state index < -0.39 is 17.5 Å². The molecule has 0 heterocycles. The summed E-state index contributed by atoms with van der Waals surface area (Å²) < 4.78 is 62.0. The summed E-state index contributed by atoms with van der Waals surface area (Å²) in [6, 6.07) is 16.7. The van der Waals surface area contributed by atoms with Gasteiger partial charge in [-0.05, 0) is 72.5 Å². The minimum atomic E-state index is -0.693. The van der Waals surface area contributed by atoms with Gasteiger partial charge in [-0.25, -0.2) is 17.6 Å². The number of rotatable bonds is 6. The van der Waals surface area contributed by atoms with Crippen LogP contribution >= 0.6 is 0 Å². The van der Waals surface area contributed by atoms with Gasteiger partial charge in [0, 0.05) is 23.3 Å². The fraction of sp³-hybridized carbons (Fsp3) is 0.133. The molecule has 0 bridgehead atoms. The SMILES string of the molecule is C/C=C/COc1cc(F)c(CCc2ccc(C#Cc3ccc4cc(F)ccc4c3)c(F)c2)c(F)c1. The Balaban J connectivity index is 1.44. The van der Waals surface area contributed by atoms with Crippen LogP contribution in [0.3, 0.4) is 0 Å². The second kappa shape index (κ2) is 10.9. The lowest BCUT2D eigenvalue weighted by molar-refractivity contribution is 0.356. The van der Waals surface area contributed by atoms with Crippen molar-refractivity contribution in [3.05, 3.63) is 124 Å². The van der Waals surface area contributed by atoms with Crippen molar-refractivity contribution < 1.29 is 22.3 Å². The van der Waals surface area contributed by atoms with Crippen LogP contribution in [0.25, 0.3) is 10.8 Å². The lowest BCUT2D eigenvalue weighted by Crippen LogP contribution is -2.02. The molecule has 0 saturated heterocycles. The van der Waals surface area contributed by atoms with Gasteiger partial charge in [-0.15, -0.1) is 0 Å². The van der Waals surface area contributed by atoms with Crippen LogP contribution in [0.15, 0.2) is 78.9 Å². The molecule has 4 aromatic carbocycles. The number of aryl methyl sites for hydroxylation is 1. The Kier molecular flexibility index (Phi) is 7.52. The Hall–Kier alpha value is -4.04. The Labute approximate surface area is 201 Å². The fourth-order valence-electron chi connectivity index (χ4n) is 3.66. The molecule has 0 aliphatic carbocycles. The van der Waals surface area contributed by atoms with Gasteiger partial charge in [0.2, 0.25) is 0 Å². The second-order valence-corrected chi connectivity index (χ2v) is 8.02. The maximum atomic E-state index is 14.6. The van der Waals surface area contributed by atoms with E-state index in [2.05, 4.69) is 11.8 Å². The molecule has 1 nitrogen and oxygen atoms in total. The maximum Gasteiger partial charge on any atom is 0.139 e. The molecule has 0 saturated carbocycles. The van der Waals surface area contributed by atoms with E-state index in [1.807, 2.05) is 13.0 Å². The number of fused-ring (bicyclic) bond motifs is 1. The molecule has 0 amide bonds. The Morgan fingerprint density at radius 1 is 0.743 bits per heavy atom. The van der Waals surface area contributed by atoms with Crippen LogP contribution in [0.4, 0.5) is 17.6 Å². The fourth-order valence-corrected chi connectivity index (χ4v) is 3.66. The second-order valence-electron chi connectivity index (χ2n) is 8.02. The highest BCUT2D eigenvalue weighted by molar-refractivity contribution is 5.84. The molecule has 0 aromatic heterocycles. The van der Waals surface area contributed by atoms with Crippen LogP contribution in [0.5, 0.6) is 5.75 Å². The summed E-state index contributed by atoms with van der Waals surface area (Å²) in [5, 5.41) is 1.60. The molecule has 0 unspecified atom stereocenters. The van der Waals surface area contributed by atoms with E-state index in [1.165, 1.54) is 18.2 Å². The van der Waals surface area contributed by atoms with Gasteiger partial charge in [0.15, 0.2) is 0 Å². The molecule has 0 atom stereocenters. The molecule has 0 aliphatic rings. The van der Waals surface area contributed by atoms with Gasteiger partial charge < -0.3 is 4.74 Å². The van der Waals surface area contributed by atoms with E-state index >= 15 is 0 Å². The number of hydrogen-bond acceptors (Lipinski definition) is 1. The van der Waals surface area contributed by atoms with Crippen molar-refractivity contribution in [1.29, 1.82) is 0 Å². The van der Waals surface area contributed by atoms with Crippen molar-refractivity contribution in [3.63, 3.8) is 0 Å². The molecule has 5 heteroatoms. The molecular formula is C30H22F4O. The topological polar surface area (TPSA) is 9.23 Å². The number of allylic oxidation sites excluding steroid dienone is 1. The summed E-state index contributed by atoms with van der Waals surface area (Å²) in [6.07, 6.45) is 3.85. The largest absolute Gasteiger partial charge is 0.489 e. The normalized spacial score (nSPS) is 11.0. The molecule has 0 aliphatic heterocycles. The zero-order valence-corrected chi connectivity index (χ0v) is 19.0. The molecule has 0 radical (unpaired) electrons. The van der Waals surface area contributed by atoms with Gasteiger partial charge in [0.1, 0.15) is 35.6 Å². The van der Waals surface area contributed by atoms with E-state index in [0.29, 0.717) is 11.1 Å².